The van der Waals surface area contributed by atoms with Crippen molar-refractivity contribution in [3.05, 3.63) is 18.5 Å². The van der Waals surface area contributed by atoms with E-state index in [9.17, 15) is 9.67 Å². The average molecular weight is 370 g/mol. The summed E-state index contributed by atoms with van der Waals surface area (Å²) in [5.41, 5.74) is 6.70. The van der Waals surface area contributed by atoms with Gasteiger partial charge in [-0.3, -0.25) is 9.13 Å². The maximum absolute atomic E-state index is 10.8. The van der Waals surface area contributed by atoms with Gasteiger partial charge >= 0.3 is 7.60 Å². The molecule has 1 unspecified atom stereocenters. The third-order valence-corrected chi connectivity index (χ3v) is 4.05. The van der Waals surface area contributed by atoms with Crippen molar-refractivity contribution < 1.29 is 24.2 Å². The molecule has 1 fully saturated rings. The lowest BCUT2D eigenvalue weighted by atomic mass is 10.3. The van der Waals surface area contributed by atoms with Crippen LogP contribution < -0.4 is 11.1 Å². The van der Waals surface area contributed by atoms with Crippen molar-refractivity contribution in [2.24, 2.45) is 0 Å². The lowest BCUT2D eigenvalue weighted by molar-refractivity contribution is 0.108. The molecule has 2 aromatic rings. The monoisotopic (exact) mass is 370 g/mol. The van der Waals surface area contributed by atoms with Gasteiger partial charge in [0.15, 0.2) is 23.2 Å². The number of fused-ring (bicyclic) bond motifs is 1. The first-order valence-electron chi connectivity index (χ1n) is 7.49. The van der Waals surface area contributed by atoms with Crippen LogP contribution in [0.3, 0.4) is 0 Å². The molecule has 0 bridgehead atoms. The fourth-order valence-electron chi connectivity index (χ4n) is 2.20. The molecule has 2 aromatic heterocycles. The van der Waals surface area contributed by atoms with E-state index in [0.29, 0.717) is 23.0 Å². The summed E-state index contributed by atoms with van der Waals surface area (Å²) in [6, 6.07) is 0.337. The molecule has 0 aliphatic heterocycles. The van der Waals surface area contributed by atoms with Gasteiger partial charge in [0.25, 0.3) is 0 Å². The Morgan fingerprint density at radius 1 is 1.52 bits per heavy atom. The highest BCUT2D eigenvalue weighted by atomic mass is 31.2. The molecule has 0 amide bonds. The number of nitrogens with zero attached hydrogens (tertiary/aromatic N) is 4. The van der Waals surface area contributed by atoms with Crippen molar-refractivity contribution in [3.8, 4) is 0 Å². The number of anilines is 2. The second kappa shape index (κ2) is 6.70. The Bertz CT molecular complexity index is 845. The van der Waals surface area contributed by atoms with Crippen LogP contribution in [0.4, 0.5) is 11.8 Å². The number of hydrogen-bond acceptors (Lipinski definition) is 8. The number of aromatic nitrogens is 4. The number of imidazole rings is 1. The number of nitrogen functional groups attached to an aromatic ring is 1. The summed E-state index contributed by atoms with van der Waals surface area (Å²) in [5.74, 6) is 0.535. The summed E-state index contributed by atoms with van der Waals surface area (Å²) in [6.07, 6.45) is 1.46. The van der Waals surface area contributed by atoms with Crippen molar-refractivity contribution in [1.29, 1.82) is 0 Å². The standard InChI is InChI=1S/C13H19N6O5P/c1-7(4-24-6-25(21,22)23)12(20)19-5-15-9-10(16-8-2-3-8)17-13(14)18-11(9)19/h5,8,12,20H,1-4,6H2,(H2,21,22,23)(H3,14,16,17,18). The van der Waals surface area contributed by atoms with Crippen LogP contribution in [0, 0.1) is 0 Å². The van der Waals surface area contributed by atoms with Crippen LogP contribution >= 0.6 is 7.60 Å². The first-order chi connectivity index (χ1) is 11.7. The largest absolute Gasteiger partial charge is 0.369 e. The Balaban J connectivity index is 1.79. The predicted molar refractivity (Wildman–Crippen MR) is 89.6 cm³/mol. The van der Waals surface area contributed by atoms with Crippen LogP contribution in [0.2, 0.25) is 0 Å². The smallest absolute Gasteiger partial charge is 0.350 e. The van der Waals surface area contributed by atoms with Crippen LogP contribution in [0.5, 0.6) is 0 Å². The molecule has 11 nitrogen and oxygen atoms in total. The van der Waals surface area contributed by atoms with Gasteiger partial charge in [-0.25, -0.2) is 4.98 Å². The molecule has 1 aliphatic rings. The number of nitrogens with one attached hydrogen (secondary N) is 1. The second-order valence-corrected chi connectivity index (χ2v) is 7.43. The normalized spacial score (nSPS) is 16.1. The van der Waals surface area contributed by atoms with E-state index in [2.05, 4.69) is 26.8 Å². The molecule has 12 heteroatoms. The van der Waals surface area contributed by atoms with Gasteiger partial charge in [-0.15, -0.1) is 0 Å². The number of hydrogen-bond donors (Lipinski definition) is 5. The van der Waals surface area contributed by atoms with Crippen LogP contribution in [0.25, 0.3) is 11.2 Å². The van der Waals surface area contributed by atoms with Crippen molar-refractivity contribution in [2.75, 3.05) is 24.0 Å². The topological polar surface area (TPSA) is 169 Å². The number of aliphatic hydroxyl groups is 1. The highest BCUT2D eigenvalue weighted by Crippen LogP contribution is 2.34. The summed E-state index contributed by atoms with van der Waals surface area (Å²) in [5, 5.41) is 13.6. The zero-order valence-electron chi connectivity index (χ0n) is 13.2. The minimum Gasteiger partial charge on any atom is -0.369 e. The average Bonchev–Trinajstić information content (AvgIpc) is 3.22. The Labute approximate surface area is 142 Å². The first kappa shape index (κ1) is 17.8. The number of ether oxygens (including phenoxy) is 1. The third kappa shape index (κ3) is 4.33. The Hall–Kier alpha value is -2.04. The molecule has 6 N–H and O–H groups in total. The molecule has 1 saturated carbocycles. The minimum absolute atomic E-state index is 0.0351. The lowest BCUT2D eigenvalue weighted by Gasteiger charge is -2.16. The Morgan fingerprint density at radius 2 is 2.24 bits per heavy atom. The summed E-state index contributed by atoms with van der Waals surface area (Å²) < 4.78 is 17.0. The molecule has 0 radical (unpaired) electrons. The zero-order chi connectivity index (χ0) is 18.2. The second-order valence-electron chi connectivity index (χ2n) is 5.85. The molecule has 136 valence electrons. The summed E-state index contributed by atoms with van der Waals surface area (Å²) >= 11 is 0. The first-order valence-corrected chi connectivity index (χ1v) is 9.29. The van der Waals surface area contributed by atoms with Gasteiger partial charge in [0.1, 0.15) is 6.35 Å². The molecule has 1 atom stereocenters. The van der Waals surface area contributed by atoms with Crippen molar-refractivity contribution in [1.82, 2.24) is 19.5 Å². The minimum atomic E-state index is -4.28. The van der Waals surface area contributed by atoms with Gasteiger partial charge < -0.3 is 30.7 Å². The van der Waals surface area contributed by atoms with Gasteiger partial charge in [-0.05, 0) is 18.4 Å². The SMILES string of the molecule is C=C(COCP(=O)(O)O)C(O)n1cnc2c(NC3CC3)nc(N)nc21. The molecule has 0 spiro atoms. The highest BCUT2D eigenvalue weighted by molar-refractivity contribution is 7.51. The van der Waals surface area contributed by atoms with E-state index >= 15 is 0 Å². The fraction of sp³-hybridized carbons (Fsp3) is 0.462. The van der Waals surface area contributed by atoms with Crippen molar-refractivity contribution in [3.63, 3.8) is 0 Å². The number of nitrogens with two attached hydrogens (primary N) is 1. The van der Waals surface area contributed by atoms with E-state index in [1.165, 1.54) is 10.9 Å². The van der Waals surface area contributed by atoms with Gasteiger partial charge in [0.05, 0.1) is 12.9 Å². The Morgan fingerprint density at radius 3 is 2.88 bits per heavy atom. The number of aliphatic hydroxyl groups excluding tert-OH is 1. The molecule has 0 saturated heterocycles. The van der Waals surface area contributed by atoms with Gasteiger partial charge in [-0.2, -0.15) is 9.97 Å². The van der Waals surface area contributed by atoms with Crippen LogP contribution in [0.1, 0.15) is 19.1 Å². The van der Waals surface area contributed by atoms with Crippen LogP contribution in [-0.2, 0) is 9.30 Å². The molecule has 3 rings (SSSR count). The molecule has 1 aliphatic carbocycles. The lowest BCUT2D eigenvalue weighted by Crippen LogP contribution is -2.15. The predicted octanol–water partition coefficient (Wildman–Crippen LogP) is 0.182. The summed E-state index contributed by atoms with van der Waals surface area (Å²) in [6.45, 7) is 3.44. The summed E-state index contributed by atoms with van der Waals surface area (Å²) in [7, 11) is -4.28. The van der Waals surface area contributed by atoms with E-state index in [0.717, 1.165) is 12.8 Å². The van der Waals surface area contributed by atoms with Crippen LogP contribution in [0.15, 0.2) is 18.5 Å². The van der Waals surface area contributed by atoms with E-state index < -0.39 is 20.2 Å². The van der Waals surface area contributed by atoms with E-state index in [4.69, 9.17) is 20.3 Å². The van der Waals surface area contributed by atoms with Crippen molar-refractivity contribution >= 4 is 30.5 Å². The summed E-state index contributed by atoms with van der Waals surface area (Å²) in [4.78, 5) is 30.0. The van der Waals surface area contributed by atoms with Gasteiger partial charge in [-0.1, -0.05) is 6.58 Å². The van der Waals surface area contributed by atoms with Gasteiger partial charge in [0.2, 0.25) is 5.95 Å². The van der Waals surface area contributed by atoms with E-state index in [-0.39, 0.29) is 18.1 Å². The van der Waals surface area contributed by atoms with Crippen molar-refractivity contribution in [2.45, 2.75) is 25.1 Å². The van der Waals surface area contributed by atoms with Crippen LogP contribution in [-0.4, -0.2) is 53.4 Å². The molecular formula is C13H19N6O5P. The maximum atomic E-state index is 10.8. The van der Waals surface area contributed by atoms with Gasteiger partial charge in [0, 0.05) is 6.04 Å². The molecule has 0 aromatic carbocycles. The third-order valence-electron chi connectivity index (χ3n) is 3.53. The molecule has 25 heavy (non-hydrogen) atoms. The van der Waals surface area contributed by atoms with E-state index in [1.54, 1.807) is 0 Å². The highest BCUT2D eigenvalue weighted by Gasteiger charge is 2.25. The quantitative estimate of drug-likeness (QED) is 0.319. The molecular weight excluding hydrogens is 351 g/mol. The maximum Gasteiger partial charge on any atom is 0.350 e. The zero-order valence-corrected chi connectivity index (χ0v) is 14.1. The number of rotatable bonds is 8. The Kier molecular flexibility index (Phi) is 4.76. The fourth-order valence-corrected chi connectivity index (χ4v) is 2.53. The van der Waals surface area contributed by atoms with E-state index in [1.807, 2.05) is 0 Å². The molecule has 2 heterocycles.